The Labute approximate surface area is 138 Å². The van der Waals surface area contributed by atoms with Crippen LogP contribution in [0.15, 0.2) is 51.8 Å². The molecule has 0 fully saturated rings. The molecule has 3 rings (SSSR count). The average molecular weight is 348 g/mol. The van der Waals surface area contributed by atoms with Gasteiger partial charge in [-0.05, 0) is 30.7 Å². The first-order valence-corrected chi connectivity index (χ1v) is 9.19. The van der Waals surface area contributed by atoms with E-state index in [1.807, 2.05) is 19.1 Å². The predicted octanol–water partition coefficient (Wildman–Crippen LogP) is 2.85. The van der Waals surface area contributed by atoms with Crippen molar-refractivity contribution in [1.82, 2.24) is 4.57 Å². The first kappa shape index (κ1) is 15.8. The number of sulfonamides is 1. The van der Waals surface area contributed by atoms with Crippen LogP contribution in [-0.4, -0.2) is 20.1 Å². The number of hydrogen-bond acceptors (Lipinski definition) is 4. The Hall–Kier alpha value is -2.12. The molecule has 0 unspecified atom stereocenters. The van der Waals surface area contributed by atoms with E-state index in [0.717, 1.165) is 15.8 Å². The monoisotopic (exact) mass is 348 g/mol. The summed E-state index contributed by atoms with van der Waals surface area (Å²) in [5.41, 5.74) is 1.90. The molecule has 0 atom stereocenters. The number of aromatic nitrogens is 1. The molecule has 3 aromatic rings. The van der Waals surface area contributed by atoms with Gasteiger partial charge in [0.15, 0.2) is 0 Å². The quantitative estimate of drug-likeness (QED) is 0.731. The van der Waals surface area contributed by atoms with E-state index in [4.69, 9.17) is 4.74 Å². The molecule has 0 saturated carbocycles. The zero-order valence-corrected chi connectivity index (χ0v) is 14.6. The van der Waals surface area contributed by atoms with E-state index < -0.39 is 10.0 Å². The number of aryl methyl sites for hydroxylation is 2. The number of ether oxygens (including phenoxy) is 1. The molecule has 1 aromatic heterocycles. The van der Waals surface area contributed by atoms with Crippen molar-refractivity contribution in [3.63, 3.8) is 0 Å². The van der Waals surface area contributed by atoms with Crippen LogP contribution in [0, 0.1) is 6.92 Å². The highest BCUT2D eigenvalue weighted by Gasteiger charge is 2.15. The molecular formula is C16H16N2O3S2. The van der Waals surface area contributed by atoms with E-state index in [2.05, 4.69) is 4.40 Å². The number of rotatable bonds is 3. The summed E-state index contributed by atoms with van der Waals surface area (Å²) in [6, 6.07) is 12.0. The van der Waals surface area contributed by atoms with E-state index in [0.29, 0.717) is 10.6 Å². The van der Waals surface area contributed by atoms with Crippen LogP contribution < -0.4 is 9.54 Å². The third kappa shape index (κ3) is 2.77. The molecule has 0 bridgehead atoms. The van der Waals surface area contributed by atoms with Gasteiger partial charge in [0, 0.05) is 7.05 Å². The Morgan fingerprint density at radius 2 is 1.83 bits per heavy atom. The van der Waals surface area contributed by atoms with Crippen molar-refractivity contribution in [3.8, 4) is 5.75 Å². The summed E-state index contributed by atoms with van der Waals surface area (Å²) in [6.45, 7) is 1.98. The van der Waals surface area contributed by atoms with Crippen molar-refractivity contribution in [2.75, 3.05) is 7.11 Å². The minimum Gasteiger partial charge on any atom is -0.495 e. The zero-order valence-electron chi connectivity index (χ0n) is 13.0. The van der Waals surface area contributed by atoms with Gasteiger partial charge in [0.25, 0.3) is 10.0 Å². The largest absolute Gasteiger partial charge is 0.495 e. The van der Waals surface area contributed by atoms with Gasteiger partial charge in [0.2, 0.25) is 4.80 Å². The second-order valence-corrected chi connectivity index (χ2v) is 7.67. The number of thiazole rings is 1. The van der Waals surface area contributed by atoms with Crippen LogP contribution in [0.5, 0.6) is 5.75 Å². The van der Waals surface area contributed by atoms with Crippen LogP contribution >= 0.6 is 11.3 Å². The molecule has 0 N–H and O–H groups in total. The Balaban J connectivity index is 2.29. The lowest BCUT2D eigenvalue weighted by molar-refractivity contribution is 0.417. The van der Waals surface area contributed by atoms with Crippen LogP contribution in [0.4, 0.5) is 0 Å². The second kappa shape index (κ2) is 5.82. The van der Waals surface area contributed by atoms with Gasteiger partial charge >= 0.3 is 0 Å². The first-order chi connectivity index (χ1) is 10.9. The summed E-state index contributed by atoms with van der Waals surface area (Å²) < 4.78 is 37.1. The lowest BCUT2D eigenvalue weighted by Gasteiger charge is -2.05. The number of methoxy groups -OCH3 is 1. The summed E-state index contributed by atoms with van der Waals surface area (Å²) >= 11 is 1.34. The number of benzene rings is 2. The van der Waals surface area contributed by atoms with Gasteiger partial charge in [-0.3, -0.25) is 0 Å². The van der Waals surface area contributed by atoms with Crippen LogP contribution in [0.2, 0.25) is 0 Å². The SMILES string of the molecule is COc1ccc(C)c2s/c(=N\S(=O)(=O)c3ccccc3)n(C)c12. The van der Waals surface area contributed by atoms with Crippen LogP contribution in [0.3, 0.4) is 0 Å². The molecule has 0 amide bonds. The lowest BCUT2D eigenvalue weighted by Crippen LogP contribution is -2.13. The summed E-state index contributed by atoms with van der Waals surface area (Å²) in [4.78, 5) is 0.595. The molecule has 1 heterocycles. The highest BCUT2D eigenvalue weighted by atomic mass is 32.2. The normalized spacial score (nSPS) is 12.7. The van der Waals surface area contributed by atoms with Crippen molar-refractivity contribution in [1.29, 1.82) is 0 Å². The molecule has 0 aliphatic carbocycles. The Kier molecular flexibility index (Phi) is 3.99. The van der Waals surface area contributed by atoms with E-state index in [-0.39, 0.29) is 4.90 Å². The van der Waals surface area contributed by atoms with Crippen molar-refractivity contribution < 1.29 is 13.2 Å². The third-order valence-electron chi connectivity index (χ3n) is 3.57. The summed E-state index contributed by atoms with van der Waals surface area (Å²) in [7, 11) is -0.354. The molecule has 23 heavy (non-hydrogen) atoms. The highest BCUT2D eigenvalue weighted by Crippen LogP contribution is 2.29. The number of nitrogens with zero attached hydrogens (tertiary/aromatic N) is 2. The van der Waals surface area contributed by atoms with Gasteiger partial charge in [-0.1, -0.05) is 35.6 Å². The predicted molar refractivity (Wildman–Crippen MR) is 91.3 cm³/mol. The minimum atomic E-state index is -3.74. The summed E-state index contributed by atoms with van der Waals surface area (Å²) in [5.74, 6) is 0.697. The molecule has 0 radical (unpaired) electrons. The smallest absolute Gasteiger partial charge is 0.285 e. The molecule has 2 aromatic carbocycles. The topological polar surface area (TPSA) is 60.7 Å². The van der Waals surface area contributed by atoms with Crippen molar-refractivity contribution in [3.05, 3.63) is 52.8 Å². The molecule has 120 valence electrons. The van der Waals surface area contributed by atoms with Gasteiger partial charge in [-0.15, -0.1) is 4.40 Å². The van der Waals surface area contributed by atoms with Gasteiger partial charge in [0.05, 0.1) is 16.7 Å². The van der Waals surface area contributed by atoms with Gasteiger partial charge in [-0.25, -0.2) is 0 Å². The first-order valence-electron chi connectivity index (χ1n) is 6.93. The molecule has 0 aliphatic heterocycles. The van der Waals surface area contributed by atoms with E-state index in [9.17, 15) is 8.42 Å². The maximum absolute atomic E-state index is 12.5. The average Bonchev–Trinajstić information content (AvgIpc) is 2.86. The zero-order chi connectivity index (χ0) is 16.6. The fourth-order valence-electron chi connectivity index (χ4n) is 2.35. The molecular weight excluding hydrogens is 332 g/mol. The standard InChI is InChI=1S/C16H16N2O3S2/c1-11-9-10-13(21-3)14-15(11)22-16(18(14)2)17-23(19,20)12-7-5-4-6-8-12/h4-10H,1-3H3/b17-16-. The third-order valence-corrected chi connectivity index (χ3v) is 6.23. The summed E-state index contributed by atoms with van der Waals surface area (Å²) in [6.07, 6.45) is 0. The molecule has 5 nitrogen and oxygen atoms in total. The van der Waals surface area contributed by atoms with Gasteiger partial charge < -0.3 is 9.30 Å². The molecule has 7 heteroatoms. The second-order valence-electron chi connectivity index (χ2n) is 5.09. The number of fused-ring (bicyclic) bond motifs is 1. The summed E-state index contributed by atoms with van der Waals surface area (Å²) in [5, 5.41) is 0. The molecule has 0 aliphatic rings. The fraction of sp³-hybridized carbons (Fsp3) is 0.188. The fourth-order valence-corrected chi connectivity index (χ4v) is 4.70. The van der Waals surface area contributed by atoms with Crippen LogP contribution in [0.1, 0.15) is 5.56 Å². The maximum atomic E-state index is 12.5. The minimum absolute atomic E-state index is 0.182. The van der Waals surface area contributed by atoms with Crippen LogP contribution in [0.25, 0.3) is 10.2 Å². The lowest BCUT2D eigenvalue weighted by atomic mass is 10.2. The van der Waals surface area contributed by atoms with Gasteiger partial charge in [-0.2, -0.15) is 8.42 Å². The van der Waals surface area contributed by atoms with E-state index >= 15 is 0 Å². The molecule has 0 saturated heterocycles. The van der Waals surface area contributed by atoms with Crippen molar-refractivity contribution in [2.24, 2.45) is 11.4 Å². The Morgan fingerprint density at radius 3 is 2.48 bits per heavy atom. The Bertz CT molecular complexity index is 1030. The van der Waals surface area contributed by atoms with E-state index in [1.54, 1.807) is 36.9 Å². The van der Waals surface area contributed by atoms with E-state index in [1.165, 1.54) is 23.5 Å². The van der Waals surface area contributed by atoms with Crippen LogP contribution in [-0.2, 0) is 17.1 Å². The number of hydrogen-bond donors (Lipinski definition) is 0. The highest BCUT2D eigenvalue weighted by molar-refractivity contribution is 7.90. The van der Waals surface area contributed by atoms with Gasteiger partial charge in [0.1, 0.15) is 11.3 Å². The maximum Gasteiger partial charge on any atom is 0.285 e. The molecule has 0 spiro atoms. The van der Waals surface area contributed by atoms with Crippen molar-refractivity contribution in [2.45, 2.75) is 11.8 Å². The van der Waals surface area contributed by atoms with Crippen molar-refractivity contribution >= 4 is 31.6 Å². The Morgan fingerprint density at radius 1 is 1.13 bits per heavy atom.